The van der Waals surface area contributed by atoms with Crippen LogP contribution in [0.25, 0.3) is 0 Å². The molecule has 1 aromatic rings. The van der Waals surface area contributed by atoms with Gasteiger partial charge in [0.1, 0.15) is 11.3 Å². The van der Waals surface area contributed by atoms with E-state index in [0.717, 1.165) is 17.1 Å². The predicted molar refractivity (Wildman–Crippen MR) is 61.0 cm³/mol. The maximum Gasteiger partial charge on any atom is 0.339 e. The summed E-state index contributed by atoms with van der Waals surface area (Å²) in [4.78, 5) is 11.9. The van der Waals surface area contributed by atoms with Gasteiger partial charge in [-0.25, -0.2) is 4.79 Å². The summed E-state index contributed by atoms with van der Waals surface area (Å²) in [7, 11) is 1.48. The van der Waals surface area contributed by atoms with Crippen molar-refractivity contribution in [3.05, 3.63) is 23.8 Å². The van der Waals surface area contributed by atoms with Crippen molar-refractivity contribution < 1.29 is 14.6 Å². The van der Waals surface area contributed by atoms with E-state index < -0.39 is 5.97 Å². The first-order valence-corrected chi connectivity index (χ1v) is 5.71. The summed E-state index contributed by atoms with van der Waals surface area (Å²) in [5, 5.41) is 8.88. The molecule has 1 aromatic carbocycles. The number of rotatable bonds is 5. The smallest absolute Gasteiger partial charge is 0.339 e. The Balaban J connectivity index is 2.92. The van der Waals surface area contributed by atoms with Crippen LogP contribution in [0.5, 0.6) is 5.75 Å². The number of thioether (sulfide) groups is 1. The van der Waals surface area contributed by atoms with Crippen LogP contribution in [0.1, 0.15) is 23.7 Å². The van der Waals surface area contributed by atoms with Crippen molar-refractivity contribution in [2.75, 3.05) is 12.9 Å². The van der Waals surface area contributed by atoms with Crippen LogP contribution in [0.2, 0.25) is 0 Å². The Labute approximate surface area is 93.4 Å². The molecule has 82 valence electrons. The maximum absolute atomic E-state index is 10.8. The summed E-state index contributed by atoms with van der Waals surface area (Å²) in [6.45, 7) is 2.11. The first kappa shape index (κ1) is 11.9. The summed E-state index contributed by atoms with van der Waals surface area (Å²) < 4.78 is 5.03. The largest absolute Gasteiger partial charge is 0.496 e. The summed E-state index contributed by atoms with van der Waals surface area (Å²) in [5.74, 6) is 0.484. The zero-order valence-corrected chi connectivity index (χ0v) is 9.63. The number of benzene rings is 1. The standard InChI is InChI=1S/C11H14O3S/c1-3-6-15-8-4-5-9(11(12)13)10(7-8)14-2/h4-5,7H,3,6H2,1-2H3,(H,12,13). The average Bonchev–Trinajstić information content (AvgIpc) is 2.25. The van der Waals surface area contributed by atoms with Crippen molar-refractivity contribution in [1.82, 2.24) is 0 Å². The Morgan fingerprint density at radius 1 is 1.53 bits per heavy atom. The van der Waals surface area contributed by atoms with E-state index in [4.69, 9.17) is 9.84 Å². The fourth-order valence-corrected chi connectivity index (χ4v) is 1.95. The second kappa shape index (κ2) is 5.66. The molecule has 0 aliphatic carbocycles. The molecule has 4 heteroatoms. The summed E-state index contributed by atoms with van der Waals surface area (Å²) in [6, 6.07) is 5.16. The van der Waals surface area contributed by atoms with Crippen LogP contribution in [0.3, 0.4) is 0 Å². The van der Waals surface area contributed by atoms with Gasteiger partial charge in [-0.2, -0.15) is 0 Å². The monoisotopic (exact) mass is 226 g/mol. The molecule has 0 saturated heterocycles. The van der Waals surface area contributed by atoms with Gasteiger partial charge in [-0.3, -0.25) is 0 Å². The minimum Gasteiger partial charge on any atom is -0.496 e. The predicted octanol–water partition coefficient (Wildman–Crippen LogP) is 2.90. The van der Waals surface area contributed by atoms with Crippen LogP contribution in [0, 0.1) is 0 Å². The van der Waals surface area contributed by atoms with Gasteiger partial charge in [0.2, 0.25) is 0 Å². The van der Waals surface area contributed by atoms with Crippen LogP contribution in [-0.2, 0) is 0 Å². The lowest BCUT2D eigenvalue weighted by Gasteiger charge is -2.07. The van der Waals surface area contributed by atoms with Crippen LogP contribution in [0.15, 0.2) is 23.1 Å². The van der Waals surface area contributed by atoms with Crippen LogP contribution < -0.4 is 4.74 Å². The highest BCUT2D eigenvalue weighted by atomic mass is 32.2. The third-order valence-electron chi connectivity index (χ3n) is 1.88. The number of aromatic carboxylic acids is 1. The maximum atomic E-state index is 10.8. The molecule has 0 bridgehead atoms. The first-order chi connectivity index (χ1) is 7.19. The number of carboxylic acid groups (broad SMARTS) is 1. The van der Waals surface area contributed by atoms with Gasteiger partial charge in [-0.1, -0.05) is 6.92 Å². The number of hydrogen-bond acceptors (Lipinski definition) is 3. The van der Waals surface area contributed by atoms with Crippen LogP contribution >= 0.6 is 11.8 Å². The third-order valence-corrected chi connectivity index (χ3v) is 3.08. The van der Waals surface area contributed by atoms with Crippen LogP contribution in [-0.4, -0.2) is 23.9 Å². The average molecular weight is 226 g/mol. The van der Waals surface area contributed by atoms with Gasteiger partial charge in [0, 0.05) is 4.90 Å². The van der Waals surface area contributed by atoms with Crippen molar-refractivity contribution in [3.8, 4) is 5.75 Å². The number of ether oxygens (including phenoxy) is 1. The highest BCUT2D eigenvalue weighted by Crippen LogP contribution is 2.26. The highest BCUT2D eigenvalue weighted by molar-refractivity contribution is 7.99. The molecule has 0 fully saturated rings. The van der Waals surface area contributed by atoms with Crippen molar-refractivity contribution >= 4 is 17.7 Å². The summed E-state index contributed by atoms with van der Waals surface area (Å²) in [6.07, 6.45) is 1.09. The molecule has 1 N–H and O–H groups in total. The molecule has 1 rings (SSSR count). The molecular formula is C11H14O3S. The molecule has 0 aromatic heterocycles. The molecule has 0 unspecified atom stereocenters. The quantitative estimate of drug-likeness (QED) is 0.784. The lowest BCUT2D eigenvalue weighted by Crippen LogP contribution is -2.00. The Bertz CT molecular complexity index is 350. The fourth-order valence-electron chi connectivity index (χ4n) is 1.16. The highest BCUT2D eigenvalue weighted by Gasteiger charge is 2.10. The molecule has 0 spiro atoms. The second-order valence-corrected chi connectivity index (χ2v) is 4.18. The summed E-state index contributed by atoms with van der Waals surface area (Å²) >= 11 is 1.70. The molecule has 0 radical (unpaired) electrons. The second-order valence-electron chi connectivity index (χ2n) is 3.02. The molecule has 0 aliphatic heterocycles. The Hall–Kier alpha value is -1.16. The Morgan fingerprint density at radius 3 is 2.80 bits per heavy atom. The molecule has 0 atom stereocenters. The number of carbonyl (C=O) groups is 1. The lowest BCUT2D eigenvalue weighted by atomic mass is 10.2. The topological polar surface area (TPSA) is 46.5 Å². The normalized spacial score (nSPS) is 10.0. The molecule has 3 nitrogen and oxygen atoms in total. The SMILES string of the molecule is CCCSc1ccc(C(=O)O)c(OC)c1. The van der Waals surface area contributed by atoms with Gasteiger partial charge in [0.15, 0.2) is 0 Å². The number of hydrogen-bond donors (Lipinski definition) is 1. The van der Waals surface area contributed by atoms with Crippen molar-refractivity contribution in [1.29, 1.82) is 0 Å². The van der Waals surface area contributed by atoms with E-state index in [1.54, 1.807) is 23.9 Å². The summed E-state index contributed by atoms with van der Waals surface area (Å²) in [5.41, 5.74) is 0.207. The van der Waals surface area contributed by atoms with Gasteiger partial charge in [-0.05, 0) is 30.4 Å². The van der Waals surface area contributed by atoms with Crippen molar-refractivity contribution in [2.24, 2.45) is 0 Å². The molecule has 0 heterocycles. The Kier molecular flexibility index (Phi) is 4.49. The fraction of sp³-hybridized carbons (Fsp3) is 0.364. The van der Waals surface area contributed by atoms with Crippen molar-refractivity contribution in [3.63, 3.8) is 0 Å². The number of methoxy groups -OCH3 is 1. The third kappa shape index (κ3) is 3.16. The van der Waals surface area contributed by atoms with E-state index in [-0.39, 0.29) is 5.56 Å². The van der Waals surface area contributed by atoms with Gasteiger partial charge < -0.3 is 9.84 Å². The molecule has 0 amide bonds. The van der Waals surface area contributed by atoms with E-state index in [9.17, 15) is 4.79 Å². The Morgan fingerprint density at radius 2 is 2.27 bits per heavy atom. The van der Waals surface area contributed by atoms with E-state index >= 15 is 0 Å². The van der Waals surface area contributed by atoms with E-state index in [1.807, 2.05) is 6.07 Å². The van der Waals surface area contributed by atoms with Gasteiger partial charge in [0.25, 0.3) is 0 Å². The van der Waals surface area contributed by atoms with Gasteiger partial charge >= 0.3 is 5.97 Å². The van der Waals surface area contributed by atoms with E-state index in [2.05, 4.69) is 6.92 Å². The minimum absolute atomic E-state index is 0.207. The zero-order valence-electron chi connectivity index (χ0n) is 8.82. The minimum atomic E-state index is -0.959. The number of carboxylic acids is 1. The lowest BCUT2D eigenvalue weighted by molar-refractivity contribution is 0.0693. The van der Waals surface area contributed by atoms with Crippen molar-refractivity contribution in [2.45, 2.75) is 18.2 Å². The van der Waals surface area contributed by atoms with Gasteiger partial charge in [0.05, 0.1) is 7.11 Å². The van der Waals surface area contributed by atoms with Crippen LogP contribution in [0.4, 0.5) is 0 Å². The van der Waals surface area contributed by atoms with E-state index in [0.29, 0.717) is 5.75 Å². The zero-order chi connectivity index (χ0) is 11.3. The van der Waals surface area contributed by atoms with Gasteiger partial charge in [-0.15, -0.1) is 11.8 Å². The molecule has 0 aliphatic rings. The molecule has 15 heavy (non-hydrogen) atoms. The molecular weight excluding hydrogens is 212 g/mol. The van der Waals surface area contributed by atoms with E-state index in [1.165, 1.54) is 7.11 Å². The first-order valence-electron chi connectivity index (χ1n) is 4.73. The molecule has 0 saturated carbocycles.